The number of benzene rings is 2. The molecule has 8 nitrogen and oxygen atoms in total. The molecule has 0 radical (unpaired) electrons. The summed E-state index contributed by atoms with van der Waals surface area (Å²) in [5.74, 6) is -0.741. The lowest BCUT2D eigenvalue weighted by molar-refractivity contribution is -0.114. The molecule has 1 aliphatic heterocycles. The lowest BCUT2D eigenvalue weighted by Crippen LogP contribution is -2.41. The van der Waals surface area contributed by atoms with Crippen LogP contribution in [0.15, 0.2) is 36.4 Å². The van der Waals surface area contributed by atoms with Gasteiger partial charge in [-0.1, -0.05) is 23.7 Å². The van der Waals surface area contributed by atoms with Crippen molar-refractivity contribution in [1.29, 1.82) is 0 Å². The first-order chi connectivity index (χ1) is 14.4. The molecule has 3 rings (SSSR count). The summed E-state index contributed by atoms with van der Waals surface area (Å²) in [7, 11) is 1.41. The van der Waals surface area contributed by atoms with Crippen LogP contribution in [-0.4, -0.2) is 56.0 Å². The Morgan fingerprint density at radius 1 is 1.03 bits per heavy atom. The summed E-state index contributed by atoms with van der Waals surface area (Å²) in [6.07, 6.45) is 0. The van der Waals surface area contributed by atoms with Crippen LogP contribution < -0.4 is 15.4 Å². The van der Waals surface area contributed by atoms with E-state index in [4.69, 9.17) is 21.1 Å². The topological polar surface area (TPSA) is 97.0 Å². The van der Waals surface area contributed by atoms with Crippen molar-refractivity contribution in [3.05, 3.63) is 52.5 Å². The number of methoxy groups -OCH3 is 1. The van der Waals surface area contributed by atoms with Gasteiger partial charge in [-0.3, -0.25) is 14.4 Å². The van der Waals surface area contributed by atoms with E-state index in [0.717, 1.165) is 0 Å². The number of carbonyl (C=O) groups is 3. The molecule has 1 heterocycles. The first-order valence-electron chi connectivity index (χ1n) is 9.33. The number of para-hydroxylation sites is 1. The Morgan fingerprint density at radius 2 is 1.73 bits per heavy atom. The Kier molecular flexibility index (Phi) is 6.91. The molecule has 0 spiro atoms. The lowest BCUT2D eigenvalue weighted by atomic mass is 10.1. The van der Waals surface area contributed by atoms with Gasteiger partial charge in [0.2, 0.25) is 5.91 Å². The van der Waals surface area contributed by atoms with E-state index in [-0.39, 0.29) is 28.1 Å². The second-order valence-electron chi connectivity index (χ2n) is 6.62. The largest absolute Gasteiger partial charge is 0.496 e. The van der Waals surface area contributed by atoms with Crippen molar-refractivity contribution in [2.45, 2.75) is 6.92 Å². The predicted octanol–water partition coefficient (Wildman–Crippen LogP) is 3.03. The summed E-state index contributed by atoms with van der Waals surface area (Å²) < 4.78 is 10.6. The Hall–Kier alpha value is -3.10. The van der Waals surface area contributed by atoms with E-state index in [1.165, 1.54) is 26.2 Å². The first kappa shape index (κ1) is 21.6. The molecular formula is C21H22ClN3O5. The maximum Gasteiger partial charge on any atom is 0.259 e. The van der Waals surface area contributed by atoms with Gasteiger partial charge in [0.1, 0.15) is 5.75 Å². The molecule has 1 fully saturated rings. The first-order valence-corrected chi connectivity index (χ1v) is 9.71. The van der Waals surface area contributed by atoms with Gasteiger partial charge in [0.05, 0.1) is 47.8 Å². The molecule has 0 aliphatic carbocycles. The Balaban J connectivity index is 1.87. The summed E-state index contributed by atoms with van der Waals surface area (Å²) >= 11 is 6.21. The minimum atomic E-state index is -0.495. The number of ether oxygens (including phenoxy) is 2. The van der Waals surface area contributed by atoms with Gasteiger partial charge in [0, 0.05) is 26.1 Å². The van der Waals surface area contributed by atoms with Gasteiger partial charge in [0.25, 0.3) is 11.8 Å². The van der Waals surface area contributed by atoms with Gasteiger partial charge in [-0.2, -0.15) is 0 Å². The van der Waals surface area contributed by atoms with Crippen LogP contribution in [0.3, 0.4) is 0 Å². The second-order valence-corrected chi connectivity index (χ2v) is 7.03. The summed E-state index contributed by atoms with van der Waals surface area (Å²) in [5.41, 5.74) is 1.27. The average Bonchev–Trinajstić information content (AvgIpc) is 2.75. The van der Waals surface area contributed by atoms with Crippen molar-refractivity contribution in [1.82, 2.24) is 4.90 Å². The Labute approximate surface area is 179 Å². The second kappa shape index (κ2) is 9.60. The molecule has 1 aliphatic rings. The molecule has 1 saturated heterocycles. The molecule has 3 amide bonds. The van der Waals surface area contributed by atoms with Gasteiger partial charge in [-0.05, 0) is 18.2 Å². The van der Waals surface area contributed by atoms with Crippen molar-refractivity contribution < 1.29 is 23.9 Å². The summed E-state index contributed by atoms with van der Waals surface area (Å²) in [5, 5.41) is 5.54. The van der Waals surface area contributed by atoms with Crippen LogP contribution >= 0.6 is 11.6 Å². The maximum atomic E-state index is 12.9. The minimum Gasteiger partial charge on any atom is -0.496 e. The molecule has 2 aromatic rings. The monoisotopic (exact) mass is 431 g/mol. The highest BCUT2D eigenvalue weighted by Gasteiger charge is 2.23. The van der Waals surface area contributed by atoms with Gasteiger partial charge in [-0.25, -0.2) is 0 Å². The number of halogens is 1. The number of nitrogens with zero attached hydrogens (tertiary/aromatic N) is 1. The molecule has 0 unspecified atom stereocenters. The van der Waals surface area contributed by atoms with E-state index >= 15 is 0 Å². The van der Waals surface area contributed by atoms with Gasteiger partial charge in [0.15, 0.2) is 0 Å². The highest BCUT2D eigenvalue weighted by Crippen LogP contribution is 2.32. The number of morpholine rings is 1. The van der Waals surface area contributed by atoms with E-state index in [1.54, 1.807) is 29.2 Å². The number of rotatable bonds is 5. The summed E-state index contributed by atoms with van der Waals surface area (Å²) in [4.78, 5) is 38.9. The lowest BCUT2D eigenvalue weighted by Gasteiger charge is -2.27. The van der Waals surface area contributed by atoms with Crippen LogP contribution in [0.4, 0.5) is 11.4 Å². The smallest absolute Gasteiger partial charge is 0.259 e. The number of hydrogen-bond acceptors (Lipinski definition) is 5. The van der Waals surface area contributed by atoms with E-state index in [9.17, 15) is 14.4 Å². The van der Waals surface area contributed by atoms with Crippen molar-refractivity contribution in [2.24, 2.45) is 0 Å². The molecule has 2 N–H and O–H groups in total. The predicted molar refractivity (Wildman–Crippen MR) is 113 cm³/mol. The SMILES string of the molecule is COc1cc(NC(C)=O)c(Cl)cc1C(=O)Nc1ccccc1C(=O)N1CCOCC1. The van der Waals surface area contributed by atoms with E-state index in [1.807, 2.05) is 0 Å². The zero-order valence-electron chi connectivity index (χ0n) is 16.7. The molecule has 2 aromatic carbocycles. The Morgan fingerprint density at radius 3 is 2.40 bits per heavy atom. The van der Waals surface area contributed by atoms with Gasteiger partial charge >= 0.3 is 0 Å². The van der Waals surface area contributed by atoms with E-state index in [0.29, 0.717) is 43.2 Å². The highest BCUT2D eigenvalue weighted by molar-refractivity contribution is 6.34. The van der Waals surface area contributed by atoms with Crippen LogP contribution in [0, 0.1) is 0 Å². The fourth-order valence-corrected chi connectivity index (χ4v) is 3.30. The van der Waals surface area contributed by atoms with Crippen molar-refractivity contribution >= 4 is 40.7 Å². The number of hydrogen-bond donors (Lipinski definition) is 2. The number of nitrogens with one attached hydrogen (secondary N) is 2. The van der Waals surface area contributed by atoms with E-state index < -0.39 is 5.91 Å². The molecule has 158 valence electrons. The molecule has 0 bridgehead atoms. The summed E-state index contributed by atoms with van der Waals surface area (Å²) in [6, 6.07) is 9.68. The van der Waals surface area contributed by atoms with E-state index in [2.05, 4.69) is 10.6 Å². The number of carbonyl (C=O) groups excluding carboxylic acids is 3. The quantitative estimate of drug-likeness (QED) is 0.758. The fraction of sp³-hybridized carbons (Fsp3) is 0.286. The average molecular weight is 432 g/mol. The van der Waals surface area contributed by atoms with Gasteiger partial charge < -0.3 is 25.0 Å². The van der Waals surface area contributed by atoms with Crippen molar-refractivity contribution in [3.8, 4) is 5.75 Å². The third kappa shape index (κ3) is 4.90. The number of anilines is 2. The molecular weight excluding hydrogens is 410 g/mol. The van der Waals surface area contributed by atoms with Crippen LogP contribution in [0.25, 0.3) is 0 Å². The zero-order chi connectivity index (χ0) is 21.7. The van der Waals surface area contributed by atoms with Crippen molar-refractivity contribution in [3.63, 3.8) is 0 Å². The maximum absolute atomic E-state index is 12.9. The molecule has 9 heteroatoms. The summed E-state index contributed by atoms with van der Waals surface area (Å²) in [6.45, 7) is 3.31. The number of amides is 3. The Bertz CT molecular complexity index is 973. The highest BCUT2D eigenvalue weighted by atomic mass is 35.5. The van der Waals surface area contributed by atoms with Gasteiger partial charge in [-0.15, -0.1) is 0 Å². The van der Waals surface area contributed by atoms with Crippen molar-refractivity contribution in [2.75, 3.05) is 44.0 Å². The third-order valence-electron chi connectivity index (χ3n) is 4.55. The minimum absolute atomic E-state index is 0.172. The molecule has 0 saturated carbocycles. The standard InChI is InChI=1S/C21H22ClN3O5/c1-13(26)23-18-12-19(29-2)15(11-16(18)22)20(27)24-17-6-4-3-5-14(17)21(28)25-7-9-30-10-8-25/h3-6,11-12H,7-10H2,1-2H3,(H,23,26)(H,24,27). The van der Waals surface area contributed by atoms with Crippen LogP contribution in [0.5, 0.6) is 5.75 Å². The fourth-order valence-electron chi connectivity index (χ4n) is 3.09. The third-order valence-corrected chi connectivity index (χ3v) is 4.86. The molecule has 0 aromatic heterocycles. The molecule has 0 atom stereocenters. The molecule has 30 heavy (non-hydrogen) atoms. The van der Waals surface area contributed by atoms with Crippen LogP contribution in [0.1, 0.15) is 27.6 Å². The zero-order valence-corrected chi connectivity index (χ0v) is 17.4. The normalized spacial score (nSPS) is 13.5. The van der Waals surface area contributed by atoms with Crippen LogP contribution in [-0.2, 0) is 9.53 Å². The van der Waals surface area contributed by atoms with Crippen LogP contribution in [0.2, 0.25) is 5.02 Å².